The largest absolute Gasteiger partial charge is 0.720 e. The van der Waals surface area contributed by atoms with Gasteiger partial charge in [0.25, 0.3) is 0 Å². The van der Waals surface area contributed by atoms with Gasteiger partial charge in [-0.25, -0.2) is 0 Å². The number of guanidine groups is 1. The fraction of sp³-hybridized carbons (Fsp3) is 0.933. The van der Waals surface area contributed by atoms with Gasteiger partial charge in [-0.15, -0.1) is 11.1 Å². The zero-order valence-electron chi connectivity index (χ0n) is 14.8. The molecular weight excluding hydrogens is 382 g/mol. The van der Waals surface area contributed by atoms with Crippen LogP contribution in [0.5, 0.6) is 0 Å². The molecule has 0 aromatic heterocycles. The minimum Gasteiger partial charge on any atom is -0.720 e. The van der Waals surface area contributed by atoms with Crippen LogP contribution in [0.3, 0.4) is 0 Å². The average molecular weight is 412 g/mol. The van der Waals surface area contributed by atoms with Crippen LogP contribution in [0.4, 0.5) is 0 Å². The molecule has 1 aliphatic carbocycles. The van der Waals surface area contributed by atoms with Crippen molar-refractivity contribution < 1.29 is 32.7 Å². The van der Waals surface area contributed by atoms with E-state index in [0.717, 1.165) is 19.4 Å². The molecule has 0 aromatic rings. The first-order valence-electron chi connectivity index (χ1n) is 8.74. The summed E-state index contributed by atoms with van der Waals surface area (Å²) < 4.78 is 2.93. The Morgan fingerprint density at radius 1 is 1.35 bits per heavy atom. The molecular formula is C15H30BN5SY-2. The summed E-state index contributed by atoms with van der Waals surface area (Å²) in [5.74, 6) is 0.874. The van der Waals surface area contributed by atoms with Crippen molar-refractivity contribution in [3.8, 4) is 0 Å². The van der Waals surface area contributed by atoms with Crippen molar-refractivity contribution in [3.05, 3.63) is 5.32 Å². The zero-order valence-corrected chi connectivity index (χ0v) is 18.4. The van der Waals surface area contributed by atoms with Gasteiger partial charge in [-0.3, -0.25) is 5.41 Å². The number of piperazine rings is 1. The van der Waals surface area contributed by atoms with E-state index in [2.05, 4.69) is 11.5 Å². The Labute approximate surface area is 172 Å². The molecule has 4 N–H and O–H groups in total. The van der Waals surface area contributed by atoms with Crippen LogP contribution in [0.2, 0.25) is 13.1 Å². The molecule has 2 heterocycles. The molecule has 2 saturated heterocycles. The van der Waals surface area contributed by atoms with Crippen LogP contribution in [0.25, 0.3) is 5.32 Å². The summed E-state index contributed by atoms with van der Waals surface area (Å²) in [4.78, 5) is 2.01. The summed E-state index contributed by atoms with van der Waals surface area (Å²) in [7, 11) is 0. The molecule has 3 rings (SSSR count). The molecule has 2 atom stereocenters. The van der Waals surface area contributed by atoms with Crippen LogP contribution in [-0.2, 0) is 45.5 Å². The van der Waals surface area contributed by atoms with Crippen LogP contribution in [0, 0.1) is 11.3 Å². The Kier molecular flexibility index (Phi) is 8.40. The first-order valence-corrected chi connectivity index (χ1v) is 9.14. The Morgan fingerprint density at radius 2 is 1.96 bits per heavy atom. The Balaban J connectivity index is 0.000000849. The molecule has 129 valence electrons. The maximum Gasteiger partial charge on any atom is 0.192 e. The summed E-state index contributed by atoms with van der Waals surface area (Å²) in [6.07, 6.45) is 7.55. The fourth-order valence-corrected chi connectivity index (χ4v) is 4.64. The van der Waals surface area contributed by atoms with Crippen molar-refractivity contribution in [2.75, 3.05) is 13.1 Å². The van der Waals surface area contributed by atoms with E-state index in [4.69, 9.17) is 29.3 Å². The van der Waals surface area contributed by atoms with Gasteiger partial charge in [-0.05, 0) is 0 Å². The summed E-state index contributed by atoms with van der Waals surface area (Å²) in [6.45, 7) is 8.06. The molecule has 0 spiro atoms. The predicted octanol–water partition coefficient (Wildman–Crippen LogP) is 2.34. The van der Waals surface area contributed by atoms with Crippen LogP contribution in [0.1, 0.15) is 46.0 Å². The average Bonchev–Trinajstić information content (AvgIpc) is 3.05. The van der Waals surface area contributed by atoms with Crippen LogP contribution in [0.15, 0.2) is 0 Å². The van der Waals surface area contributed by atoms with Crippen LogP contribution in [-0.4, -0.2) is 41.9 Å². The fourth-order valence-electron chi connectivity index (χ4n) is 4.56. The molecule has 2 aliphatic heterocycles. The standard InChI is InChI=1S/C13H24BN5S.C2H6.Y/c1-14(18-20)7-12-8-19(11(15)16)9-13(12,17-12)10-5-3-2-4-6-10;1-2;/h10,18H,2-9H2,1H3,(H3,15,16);1-2H3;/q-2;;. The smallest absolute Gasteiger partial charge is 0.192 e. The summed E-state index contributed by atoms with van der Waals surface area (Å²) in [6, 6.07) is 0. The summed E-state index contributed by atoms with van der Waals surface area (Å²) in [5.41, 5.74) is 5.77. The van der Waals surface area contributed by atoms with Gasteiger partial charge < -0.3 is 33.4 Å². The van der Waals surface area contributed by atoms with Crippen molar-refractivity contribution in [1.82, 2.24) is 9.53 Å². The third-order valence-corrected chi connectivity index (χ3v) is 5.92. The molecule has 23 heavy (non-hydrogen) atoms. The van der Waals surface area contributed by atoms with Crippen LogP contribution >= 0.6 is 0 Å². The minimum absolute atomic E-state index is 0. The molecule has 3 aliphatic rings. The van der Waals surface area contributed by atoms with E-state index in [1.807, 2.05) is 18.7 Å². The maximum absolute atomic E-state index is 7.74. The van der Waals surface area contributed by atoms with E-state index in [1.54, 1.807) is 0 Å². The van der Waals surface area contributed by atoms with E-state index in [-0.39, 0.29) is 56.6 Å². The molecule has 0 amide bonds. The molecule has 5 nitrogen and oxygen atoms in total. The molecule has 2 unspecified atom stereocenters. The first kappa shape index (κ1) is 21.8. The molecule has 0 bridgehead atoms. The minimum atomic E-state index is -0.00803. The summed E-state index contributed by atoms with van der Waals surface area (Å²) in [5, 5.41) is 12.8. The second-order valence-electron chi connectivity index (χ2n) is 6.87. The number of hydrogen-bond donors (Lipinski definition) is 3. The number of likely N-dealkylation sites (tertiary alicyclic amines) is 1. The Hall–Kier alpha value is 0.709. The SMILES string of the molecule is CB(CC12CN(C(=N)N)CC1(C1CCCCC1)[N-]2)N[S-].CC.[Y]. The molecule has 0 aromatic carbocycles. The van der Waals surface area contributed by atoms with Crippen molar-refractivity contribution in [1.29, 1.82) is 5.41 Å². The van der Waals surface area contributed by atoms with Crippen molar-refractivity contribution in [2.24, 2.45) is 11.7 Å². The van der Waals surface area contributed by atoms with E-state index < -0.39 is 0 Å². The molecule has 3 fully saturated rings. The quantitative estimate of drug-likeness (QED) is 0.218. The third kappa shape index (κ3) is 4.10. The maximum atomic E-state index is 7.74. The van der Waals surface area contributed by atoms with Gasteiger partial charge in [-0.1, -0.05) is 65.0 Å². The molecule has 1 radical (unpaired) electrons. The van der Waals surface area contributed by atoms with Gasteiger partial charge in [0.2, 0.25) is 0 Å². The van der Waals surface area contributed by atoms with Gasteiger partial charge >= 0.3 is 0 Å². The number of nitrogens with one attached hydrogen (secondary N) is 2. The summed E-state index contributed by atoms with van der Waals surface area (Å²) >= 11 is 4.98. The topological polar surface area (TPSA) is 79.2 Å². The third-order valence-electron chi connectivity index (χ3n) is 5.52. The first-order chi connectivity index (χ1) is 10.5. The number of hydrogen-bond acceptors (Lipinski definition) is 3. The Morgan fingerprint density at radius 3 is 2.48 bits per heavy atom. The van der Waals surface area contributed by atoms with Gasteiger partial charge in [-0.2, -0.15) is 0 Å². The van der Waals surface area contributed by atoms with Gasteiger partial charge in [0.1, 0.15) is 0 Å². The molecule has 1 saturated carbocycles. The van der Waals surface area contributed by atoms with E-state index in [0.29, 0.717) is 5.92 Å². The monoisotopic (exact) mass is 412 g/mol. The number of fused-ring (bicyclic) bond motifs is 1. The van der Waals surface area contributed by atoms with Crippen molar-refractivity contribution in [2.45, 2.75) is 70.2 Å². The number of rotatable bonds is 4. The predicted molar refractivity (Wildman–Crippen MR) is 97.2 cm³/mol. The zero-order chi connectivity index (χ0) is 16.4. The molecule has 8 heteroatoms. The van der Waals surface area contributed by atoms with Gasteiger partial charge in [0.05, 0.1) is 0 Å². The van der Waals surface area contributed by atoms with Gasteiger partial charge in [0, 0.05) is 45.8 Å². The van der Waals surface area contributed by atoms with Crippen LogP contribution < -0.4 is 10.4 Å². The van der Waals surface area contributed by atoms with Gasteiger partial charge in [0.15, 0.2) is 12.8 Å². The number of nitrogens with two attached hydrogens (primary N) is 1. The Bertz CT molecular complexity index is 409. The number of nitrogens with zero attached hydrogens (tertiary/aromatic N) is 2. The van der Waals surface area contributed by atoms with Crippen molar-refractivity contribution >= 4 is 25.6 Å². The van der Waals surface area contributed by atoms with Crippen molar-refractivity contribution in [3.63, 3.8) is 0 Å². The normalized spacial score (nSPS) is 32.3. The van der Waals surface area contributed by atoms with E-state index >= 15 is 0 Å². The second-order valence-corrected chi connectivity index (χ2v) is 7.10. The van der Waals surface area contributed by atoms with E-state index in [1.165, 1.54) is 32.1 Å². The van der Waals surface area contributed by atoms with E-state index in [9.17, 15) is 0 Å². The second kappa shape index (κ2) is 8.88.